The second-order valence-corrected chi connectivity index (χ2v) is 7.90. The molecule has 1 atom stereocenters. The number of aryl methyl sites for hydroxylation is 1. The number of pyridine rings is 1. The highest BCUT2D eigenvalue weighted by Gasteiger charge is 2.29. The summed E-state index contributed by atoms with van der Waals surface area (Å²) in [5, 5.41) is 4.42. The third kappa shape index (κ3) is 5.03. The van der Waals surface area contributed by atoms with Crippen molar-refractivity contribution < 1.29 is 13.2 Å². The van der Waals surface area contributed by atoms with E-state index in [0.29, 0.717) is 12.1 Å². The van der Waals surface area contributed by atoms with Gasteiger partial charge in [0.15, 0.2) is 9.84 Å². The highest BCUT2D eigenvalue weighted by atomic mass is 32.2. The minimum Gasteiger partial charge on any atom is -0.338 e. The van der Waals surface area contributed by atoms with E-state index >= 15 is 0 Å². The average molecular weight is 361 g/mol. The summed E-state index contributed by atoms with van der Waals surface area (Å²) >= 11 is 0. The zero-order valence-corrected chi connectivity index (χ0v) is 15.2. The van der Waals surface area contributed by atoms with E-state index in [4.69, 9.17) is 0 Å². The topological polar surface area (TPSA) is 88.2 Å². The lowest BCUT2D eigenvalue weighted by molar-refractivity contribution is 0.241. The Labute approximate surface area is 148 Å². The van der Waals surface area contributed by atoms with Crippen molar-refractivity contribution in [2.24, 2.45) is 0 Å². The van der Waals surface area contributed by atoms with E-state index in [9.17, 15) is 13.2 Å². The number of hydrogen-bond acceptors (Lipinski definition) is 4. The van der Waals surface area contributed by atoms with Gasteiger partial charge in [-0.1, -0.05) is 30.7 Å². The first-order valence-corrected chi connectivity index (χ1v) is 9.72. The number of nitrogens with one attached hydrogen (secondary N) is 2. The van der Waals surface area contributed by atoms with Crippen LogP contribution < -0.4 is 10.6 Å². The van der Waals surface area contributed by atoms with Crippen LogP contribution in [-0.2, 0) is 9.84 Å². The van der Waals surface area contributed by atoms with Crippen LogP contribution in [0, 0.1) is 6.92 Å². The molecule has 0 aliphatic carbocycles. The Hall–Kier alpha value is -2.41. The second kappa shape index (κ2) is 8.62. The second-order valence-electron chi connectivity index (χ2n) is 5.77. The number of urea groups is 1. The SMILES string of the molecule is CCCNC(=O)NC[C@@H](c1cccnc1)S(=O)(=O)c1ccc(C)cc1. The van der Waals surface area contributed by atoms with Gasteiger partial charge in [0.1, 0.15) is 5.25 Å². The summed E-state index contributed by atoms with van der Waals surface area (Å²) in [7, 11) is -3.67. The molecule has 0 saturated carbocycles. The molecule has 2 rings (SSSR count). The number of carbonyl (C=O) groups is 1. The van der Waals surface area contributed by atoms with Gasteiger partial charge in [0.25, 0.3) is 0 Å². The van der Waals surface area contributed by atoms with Crippen molar-refractivity contribution in [2.45, 2.75) is 30.4 Å². The van der Waals surface area contributed by atoms with E-state index in [-0.39, 0.29) is 17.5 Å². The summed E-state index contributed by atoms with van der Waals surface area (Å²) in [5.41, 5.74) is 1.52. The third-order valence-corrected chi connectivity index (χ3v) is 5.88. The van der Waals surface area contributed by atoms with Gasteiger partial charge >= 0.3 is 6.03 Å². The number of amides is 2. The van der Waals surface area contributed by atoms with E-state index in [1.807, 2.05) is 13.8 Å². The number of carbonyl (C=O) groups excluding carboxylic acids is 1. The summed E-state index contributed by atoms with van der Waals surface area (Å²) in [5.74, 6) is 0. The molecule has 2 N–H and O–H groups in total. The predicted molar refractivity (Wildman–Crippen MR) is 97.0 cm³/mol. The maximum Gasteiger partial charge on any atom is 0.314 e. The first-order valence-electron chi connectivity index (χ1n) is 8.17. The minimum atomic E-state index is -3.67. The van der Waals surface area contributed by atoms with Crippen LogP contribution in [0.3, 0.4) is 0 Å². The van der Waals surface area contributed by atoms with Crippen molar-refractivity contribution in [3.05, 3.63) is 59.9 Å². The van der Waals surface area contributed by atoms with Crippen molar-refractivity contribution in [1.82, 2.24) is 15.6 Å². The predicted octanol–water partition coefficient (Wildman–Crippen LogP) is 2.61. The maximum absolute atomic E-state index is 13.1. The molecule has 2 amide bonds. The van der Waals surface area contributed by atoms with Gasteiger partial charge in [0.05, 0.1) is 4.90 Å². The van der Waals surface area contributed by atoms with Crippen LogP contribution in [0.5, 0.6) is 0 Å². The first-order chi connectivity index (χ1) is 11.9. The van der Waals surface area contributed by atoms with Crippen molar-refractivity contribution in [3.63, 3.8) is 0 Å². The molecule has 0 unspecified atom stereocenters. The van der Waals surface area contributed by atoms with Crippen LogP contribution in [0.25, 0.3) is 0 Å². The smallest absolute Gasteiger partial charge is 0.314 e. The molecule has 7 heteroatoms. The number of benzene rings is 1. The Bertz CT molecular complexity index is 790. The summed E-state index contributed by atoms with van der Waals surface area (Å²) in [6.07, 6.45) is 3.91. The molecular weight excluding hydrogens is 338 g/mol. The number of rotatable bonds is 7. The van der Waals surface area contributed by atoms with Gasteiger partial charge in [-0.25, -0.2) is 13.2 Å². The molecule has 0 bridgehead atoms. The molecule has 0 radical (unpaired) electrons. The largest absolute Gasteiger partial charge is 0.338 e. The Morgan fingerprint density at radius 1 is 1.16 bits per heavy atom. The van der Waals surface area contributed by atoms with E-state index in [1.54, 1.807) is 42.6 Å². The Kier molecular flexibility index (Phi) is 6.52. The first kappa shape index (κ1) is 18.9. The molecule has 25 heavy (non-hydrogen) atoms. The summed E-state index contributed by atoms with van der Waals surface area (Å²) in [6, 6.07) is 9.70. The monoisotopic (exact) mass is 361 g/mol. The maximum atomic E-state index is 13.1. The molecule has 6 nitrogen and oxygen atoms in total. The molecular formula is C18H23N3O3S. The van der Waals surface area contributed by atoms with E-state index < -0.39 is 15.1 Å². The van der Waals surface area contributed by atoms with Crippen molar-refractivity contribution >= 4 is 15.9 Å². The third-order valence-electron chi connectivity index (χ3n) is 3.76. The zero-order chi connectivity index (χ0) is 18.3. The average Bonchev–Trinajstić information content (AvgIpc) is 2.61. The molecule has 0 saturated heterocycles. The number of sulfone groups is 1. The molecule has 1 aromatic heterocycles. The summed E-state index contributed by atoms with van der Waals surface area (Å²) in [6.45, 7) is 4.35. The zero-order valence-electron chi connectivity index (χ0n) is 14.4. The molecule has 1 aromatic carbocycles. The normalized spacial score (nSPS) is 12.4. The Balaban J connectivity index is 2.28. The molecule has 0 spiro atoms. The van der Waals surface area contributed by atoms with Gasteiger partial charge < -0.3 is 10.6 Å². The molecule has 1 heterocycles. The van der Waals surface area contributed by atoms with Crippen LogP contribution in [0.15, 0.2) is 53.7 Å². The van der Waals surface area contributed by atoms with Crippen LogP contribution in [0.2, 0.25) is 0 Å². The molecule has 0 aliphatic rings. The van der Waals surface area contributed by atoms with Gasteiger partial charge in [-0.15, -0.1) is 0 Å². The van der Waals surface area contributed by atoms with E-state index in [0.717, 1.165) is 12.0 Å². The standard InChI is InChI=1S/C18H23N3O3S/c1-3-10-20-18(22)21-13-17(15-5-4-11-19-12-15)25(23,24)16-8-6-14(2)7-9-16/h4-9,11-12,17H,3,10,13H2,1-2H3,(H2,20,21,22)/t17-/m0/s1. The molecule has 0 fully saturated rings. The lowest BCUT2D eigenvalue weighted by atomic mass is 10.2. The van der Waals surface area contributed by atoms with E-state index in [2.05, 4.69) is 15.6 Å². The fourth-order valence-corrected chi connectivity index (χ4v) is 4.00. The Morgan fingerprint density at radius 3 is 2.48 bits per heavy atom. The number of hydrogen-bond donors (Lipinski definition) is 2. The molecule has 0 aliphatic heterocycles. The lowest BCUT2D eigenvalue weighted by Gasteiger charge is -2.19. The van der Waals surface area contributed by atoms with Gasteiger partial charge in [-0.3, -0.25) is 4.98 Å². The lowest BCUT2D eigenvalue weighted by Crippen LogP contribution is -2.39. The highest BCUT2D eigenvalue weighted by molar-refractivity contribution is 7.91. The van der Waals surface area contributed by atoms with Gasteiger partial charge in [-0.05, 0) is 37.1 Å². The highest BCUT2D eigenvalue weighted by Crippen LogP contribution is 2.28. The fraction of sp³-hybridized carbons (Fsp3) is 0.333. The molecule has 2 aromatic rings. The van der Waals surface area contributed by atoms with Crippen LogP contribution in [0.1, 0.15) is 29.7 Å². The number of nitrogens with zero attached hydrogens (tertiary/aromatic N) is 1. The van der Waals surface area contributed by atoms with Crippen LogP contribution in [-0.4, -0.2) is 32.5 Å². The minimum absolute atomic E-state index is 0.0303. The number of aromatic nitrogens is 1. The van der Waals surface area contributed by atoms with Crippen molar-refractivity contribution in [1.29, 1.82) is 0 Å². The summed E-state index contributed by atoms with van der Waals surface area (Å²) < 4.78 is 26.1. The quantitative estimate of drug-likeness (QED) is 0.793. The van der Waals surface area contributed by atoms with Gasteiger partial charge in [0.2, 0.25) is 0 Å². The summed E-state index contributed by atoms with van der Waals surface area (Å²) in [4.78, 5) is 16.0. The molecule has 134 valence electrons. The van der Waals surface area contributed by atoms with Crippen LogP contribution >= 0.6 is 0 Å². The Morgan fingerprint density at radius 2 is 1.88 bits per heavy atom. The van der Waals surface area contributed by atoms with Crippen LogP contribution in [0.4, 0.5) is 4.79 Å². The fourth-order valence-electron chi connectivity index (χ4n) is 2.35. The van der Waals surface area contributed by atoms with Crippen molar-refractivity contribution in [3.8, 4) is 0 Å². The van der Waals surface area contributed by atoms with E-state index in [1.165, 1.54) is 6.20 Å². The van der Waals surface area contributed by atoms with Gasteiger partial charge in [0, 0.05) is 25.5 Å². The van der Waals surface area contributed by atoms with Gasteiger partial charge in [-0.2, -0.15) is 0 Å². The van der Waals surface area contributed by atoms with Crippen molar-refractivity contribution in [2.75, 3.05) is 13.1 Å².